The summed E-state index contributed by atoms with van der Waals surface area (Å²) in [5.74, 6) is 0.625. The van der Waals surface area contributed by atoms with Crippen LogP contribution in [0.5, 0.6) is 5.75 Å². The first-order valence-corrected chi connectivity index (χ1v) is 9.59. The van der Waals surface area contributed by atoms with Gasteiger partial charge in [0, 0.05) is 29.8 Å². The van der Waals surface area contributed by atoms with E-state index in [-0.39, 0.29) is 5.91 Å². The summed E-state index contributed by atoms with van der Waals surface area (Å²) in [7, 11) is 1.61. The molecule has 1 aromatic heterocycles. The molecule has 0 saturated carbocycles. The minimum atomic E-state index is -0.655. The zero-order chi connectivity index (χ0) is 19.6. The van der Waals surface area contributed by atoms with Gasteiger partial charge >= 0.3 is 0 Å². The molecule has 1 amide bonds. The predicted molar refractivity (Wildman–Crippen MR) is 110 cm³/mol. The number of anilines is 1. The van der Waals surface area contributed by atoms with E-state index in [1.165, 1.54) is 0 Å². The maximum atomic E-state index is 13.5. The number of amides is 1. The molecule has 4 rings (SSSR count). The highest BCUT2D eigenvalue weighted by molar-refractivity contribution is 6.30. The van der Waals surface area contributed by atoms with E-state index >= 15 is 0 Å². The Balaban J connectivity index is 1.73. The van der Waals surface area contributed by atoms with E-state index in [1.54, 1.807) is 13.3 Å². The fourth-order valence-electron chi connectivity index (χ4n) is 3.80. The number of ether oxygens (including phenoxy) is 2. The molecule has 1 aliphatic rings. The third kappa shape index (κ3) is 3.32. The van der Waals surface area contributed by atoms with Gasteiger partial charge in [-0.25, -0.2) is 0 Å². The van der Waals surface area contributed by atoms with Gasteiger partial charge in [0.1, 0.15) is 11.3 Å². The third-order valence-corrected chi connectivity index (χ3v) is 5.63. The average Bonchev–Trinajstić information content (AvgIpc) is 2.75. The second kappa shape index (κ2) is 7.78. The van der Waals surface area contributed by atoms with E-state index in [1.807, 2.05) is 48.5 Å². The molecule has 1 aliphatic heterocycles. The number of methoxy groups -OCH3 is 1. The number of nitrogens with one attached hydrogen (secondary N) is 1. The molecular weight excluding hydrogens is 376 g/mol. The van der Waals surface area contributed by atoms with Gasteiger partial charge in [-0.3, -0.25) is 9.78 Å². The number of fused-ring (bicyclic) bond motifs is 1. The first kappa shape index (κ1) is 18.7. The van der Waals surface area contributed by atoms with Crippen molar-refractivity contribution in [2.75, 3.05) is 25.6 Å². The lowest BCUT2D eigenvalue weighted by atomic mass is 9.73. The molecule has 0 unspecified atom stereocenters. The van der Waals surface area contributed by atoms with Crippen LogP contribution in [-0.2, 0) is 14.9 Å². The largest absolute Gasteiger partial charge is 0.494 e. The van der Waals surface area contributed by atoms with Gasteiger partial charge in [0.05, 0.1) is 18.2 Å². The Morgan fingerprint density at radius 2 is 1.89 bits per heavy atom. The van der Waals surface area contributed by atoms with Crippen molar-refractivity contribution in [3.8, 4) is 5.75 Å². The number of halogens is 1. The van der Waals surface area contributed by atoms with E-state index in [2.05, 4.69) is 10.3 Å². The predicted octanol–water partition coefficient (Wildman–Crippen LogP) is 4.58. The van der Waals surface area contributed by atoms with Crippen LogP contribution in [0.15, 0.2) is 54.7 Å². The maximum Gasteiger partial charge on any atom is 0.235 e. The van der Waals surface area contributed by atoms with Gasteiger partial charge in [-0.15, -0.1) is 0 Å². The molecule has 0 aliphatic carbocycles. The molecule has 144 valence electrons. The Morgan fingerprint density at radius 1 is 1.14 bits per heavy atom. The highest BCUT2D eigenvalue weighted by Gasteiger charge is 2.41. The number of hydrogen-bond acceptors (Lipinski definition) is 4. The van der Waals surface area contributed by atoms with Crippen LogP contribution in [0.25, 0.3) is 10.9 Å². The van der Waals surface area contributed by atoms with Crippen LogP contribution < -0.4 is 10.1 Å². The molecule has 1 N–H and O–H groups in total. The molecule has 5 nitrogen and oxygen atoms in total. The molecule has 0 radical (unpaired) electrons. The molecule has 0 bridgehead atoms. The number of nitrogens with zero attached hydrogens (tertiary/aromatic N) is 1. The molecule has 3 aromatic rings. The summed E-state index contributed by atoms with van der Waals surface area (Å²) in [5.41, 5.74) is 1.73. The van der Waals surface area contributed by atoms with Crippen molar-refractivity contribution in [3.05, 3.63) is 65.3 Å². The Hall–Kier alpha value is -2.63. The summed E-state index contributed by atoms with van der Waals surface area (Å²) < 4.78 is 10.9. The molecule has 0 spiro atoms. The first-order valence-electron chi connectivity index (χ1n) is 9.21. The number of rotatable bonds is 4. The maximum absolute atomic E-state index is 13.5. The normalized spacial score (nSPS) is 15.9. The van der Waals surface area contributed by atoms with Crippen molar-refractivity contribution in [2.24, 2.45) is 0 Å². The number of aromatic nitrogens is 1. The minimum absolute atomic E-state index is 0.0477. The van der Waals surface area contributed by atoms with Crippen molar-refractivity contribution >= 4 is 34.1 Å². The number of benzene rings is 2. The zero-order valence-corrected chi connectivity index (χ0v) is 16.3. The van der Waals surface area contributed by atoms with Crippen LogP contribution in [0, 0.1) is 0 Å². The Bertz CT molecular complexity index is 998. The van der Waals surface area contributed by atoms with Crippen LogP contribution in [-0.4, -0.2) is 31.2 Å². The number of carbonyl (C=O) groups is 1. The van der Waals surface area contributed by atoms with E-state index in [4.69, 9.17) is 21.1 Å². The summed E-state index contributed by atoms with van der Waals surface area (Å²) in [6, 6.07) is 15.0. The van der Waals surface area contributed by atoms with Crippen molar-refractivity contribution in [1.29, 1.82) is 0 Å². The summed E-state index contributed by atoms with van der Waals surface area (Å²) in [6.45, 7) is 1.09. The summed E-state index contributed by atoms with van der Waals surface area (Å²) >= 11 is 6.06. The third-order valence-electron chi connectivity index (χ3n) is 5.38. The highest BCUT2D eigenvalue weighted by Crippen LogP contribution is 2.38. The molecule has 1 fully saturated rings. The van der Waals surface area contributed by atoms with Crippen LogP contribution in [0.4, 0.5) is 5.69 Å². The molecule has 2 aromatic carbocycles. The monoisotopic (exact) mass is 396 g/mol. The number of hydrogen-bond donors (Lipinski definition) is 1. The van der Waals surface area contributed by atoms with Gasteiger partial charge in [-0.05, 0) is 54.8 Å². The Morgan fingerprint density at radius 3 is 2.61 bits per heavy atom. The number of pyridine rings is 1. The topological polar surface area (TPSA) is 60.5 Å². The van der Waals surface area contributed by atoms with Gasteiger partial charge in [0.2, 0.25) is 5.91 Å². The molecule has 2 heterocycles. The zero-order valence-electron chi connectivity index (χ0n) is 15.6. The van der Waals surface area contributed by atoms with Crippen LogP contribution in [0.3, 0.4) is 0 Å². The summed E-state index contributed by atoms with van der Waals surface area (Å²) in [4.78, 5) is 17.9. The van der Waals surface area contributed by atoms with E-state index < -0.39 is 5.41 Å². The van der Waals surface area contributed by atoms with Crippen LogP contribution >= 0.6 is 11.6 Å². The van der Waals surface area contributed by atoms with Crippen LogP contribution in [0.1, 0.15) is 18.4 Å². The Labute approximate surface area is 168 Å². The van der Waals surface area contributed by atoms with Crippen LogP contribution in [0.2, 0.25) is 5.02 Å². The van der Waals surface area contributed by atoms with Gasteiger partial charge in [0.25, 0.3) is 0 Å². The smallest absolute Gasteiger partial charge is 0.235 e. The fourth-order valence-corrected chi connectivity index (χ4v) is 3.92. The van der Waals surface area contributed by atoms with Crippen molar-refractivity contribution in [3.63, 3.8) is 0 Å². The molecule has 1 saturated heterocycles. The fraction of sp³-hybridized carbons (Fsp3) is 0.273. The lowest BCUT2D eigenvalue weighted by Crippen LogP contribution is -2.44. The Kier molecular flexibility index (Phi) is 5.20. The quantitative estimate of drug-likeness (QED) is 0.701. The van der Waals surface area contributed by atoms with Gasteiger partial charge in [0.15, 0.2) is 0 Å². The van der Waals surface area contributed by atoms with Gasteiger partial charge in [-0.1, -0.05) is 23.7 Å². The van der Waals surface area contributed by atoms with Crippen molar-refractivity contribution in [2.45, 2.75) is 18.3 Å². The second-order valence-electron chi connectivity index (χ2n) is 6.87. The van der Waals surface area contributed by atoms with Crippen molar-refractivity contribution in [1.82, 2.24) is 4.98 Å². The average molecular weight is 397 g/mol. The SMILES string of the molecule is COc1ccc(NC(=O)C2(c3ccc(Cl)cc3)CCOCC2)c2cccnc12. The molecule has 6 heteroatoms. The van der Waals surface area contributed by atoms with E-state index in [9.17, 15) is 4.79 Å². The first-order chi connectivity index (χ1) is 13.6. The second-order valence-corrected chi connectivity index (χ2v) is 7.31. The highest BCUT2D eigenvalue weighted by atomic mass is 35.5. The lowest BCUT2D eigenvalue weighted by molar-refractivity contribution is -0.125. The van der Waals surface area contributed by atoms with E-state index in [0.29, 0.717) is 42.5 Å². The molecule has 28 heavy (non-hydrogen) atoms. The summed E-state index contributed by atoms with van der Waals surface area (Å²) in [6.07, 6.45) is 2.95. The molecular formula is C22H21ClN2O3. The minimum Gasteiger partial charge on any atom is -0.494 e. The van der Waals surface area contributed by atoms with Gasteiger partial charge < -0.3 is 14.8 Å². The van der Waals surface area contributed by atoms with Crippen molar-refractivity contribution < 1.29 is 14.3 Å². The standard InChI is InChI=1S/C22H21ClN2O3/c1-27-19-9-8-18(17-3-2-12-24-20(17)19)25-21(26)22(10-13-28-14-11-22)15-4-6-16(23)7-5-15/h2-9,12H,10-11,13-14H2,1H3,(H,25,26). The van der Waals surface area contributed by atoms with Gasteiger partial charge in [-0.2, -0.15) is 0 Å². The molecule has 0 atom stereocenters. The summed E-state index contributed by atoms with van der Waals surface area (Å²) in [5, 5.41) is 4.63. The van der Waals surface area contributed by atoms with E-state index in [0.717, 1.165) is 16.5 Å². The number of carbonyl (C=O) groups excluding carboxylic acids is 1. The lowest BCUT2D eigenvalue weighted by Gasteiger charge is -2.36.